The van der Waals surface area contributed by atoms with Gasteiger partial charge in [0.05, 0.1) is 18.7 Å². The molecule has 2 aliphatic rings. The molecule has 7 nitrogen and oxygen atoms in total. The first-order chi connectivity index (χ1) is 12.6. The molecule has 3 amide bonds. The lowest BCUT2D eigenvalue weighted by Gasteiger charge is -2.15. The van der Waals surface area contributed by atoms with Crippen LogP contribution in [0.5, 0.6) is 0 Å². The summed E-state index contributed by atoms with van der Waals surface area (Å²) in [6, 6.07) is 7.11. The highest BCUT2D eigenvalue weighted by Gasteiger charge is 2.20. The molecule has 1 aromatic carbocycles. The van der Waals surface area contributed by atoms with Crippen molar-refractivity contribution in [3.8, 4) is 0 Å². The number of likely N-dealkylation sites (tertiary alicyclic amines) is 1. The number of carbonyl (C=O) groups excluding carboxylic acids is 2. The van der Waals surface area contributed by atoms with Gasteiger partial charge in [0.15, 0.2) is 0 Å². The number of amides is 3. The number of carbonyl (C=O) groups is 2. The average molecular weight is 358 g/mol. The average Bonchev–Trinajstić information content (AvgIpc) is 3.33. The lowest BCUT2D eigenvalue weighted by Crippen LogP contribution is -2.35. The van der Waals surface area contributed by atoms with Gasteiger partial charge >= 0.3 is 6.03 Å². The molecule has 26 heavy (non-hydrogen) atoms. The number of nitrogens with zero attached hydrogens (tertiary/aromatic N) is 2. The van der Waals surface area contributed by atoms with Crippen molar-refractivity contribution < 1.29 is 14.4 Å². The molecule has 1 saturated heterocycles. The van der Waals surface area contributed by atoms with Crippen molar-refractivity contribution in [3.05, 3.63) is 29.8 Å². The number of hydrogen-bond donors (Lipinski definition) is 2. The Hall–Kier alpha value is -2.57. The Morgan fingerprint density at radius 1 is 1.23 bits per heavy atom. The third-order valence-corrected chi connectivity index (χ3v) is 4.72. The Labute approximate surface area is 153 Å². The normalized spacial score (nSPS) is 19.0. The maximum absolute atomic E-state index is 12.2. The maximum atomic E-state index is 12.2. The van der Waals surface area contributed by atoms with E-state index >= 15 is 0 Å². The molecule has 0 unspecified atom stereocenters. The number of nitrogens with one attached hydrogen (secondary N) is 2. The Kier molecular flexibility index (Phi) is 6.09. The van der Waals surface area contributed by atoms with E-state index < -0.39 is 0 Å². The topological polar surface area (TPSA) is 83.0 Å². The number of urea groups is 1. The maximum Gasteiger partial charge on any atom is 0.319 e. The predicted molar refractivity (Wildman–Crippen MR) is 100 cm³/mol. The largest absolute Gasteiger partial charge is 0.390 e. The summed E-state index contributed by atoms with van der Waals surface area (Å²) in [5.74, 6) is 0.172. The molecule has 1 fully saturated rings. The Morgan fingerprint density at radius 2 is 1.96 bits per heavy atom. The van der Waals surface area contributed by atoms with Crippen molar-refractivity contribution in [2.24, 2.45) is 5.16 Å². The lowest BCUT2D eigenvalue weighted by molar-refractivity contribution is -0.129. The molecule has 2 heterocycles. The third-order valence-electron chi connectivity index (χ3n) is 4.72. The monoisotopic (exact) mass is 358 g/mol. The first kappa shape index (κ1) is 18.2. The number of hydrogen-bond acceptors (Lipinski definition) is 4. The van der Waals surface area contributed by atoms with Crippen molar-refractivity contribution in [3.63, 3.8) is 0 Å². The van der Waals surface area contributed by atoms with Crippen LogP contribution in [0.25, 0.3) is 0 Å². The molecule has 0 aromatic heterocycles. The van der Waals surface area contributed by atoms with Gasteiger partial charge in [-0.05, 0) is 37.0 Å². The van der Waals surface area contributed by atoms with Crippen molar-refractivity contribution >= 4 is 23.3 Å². The summed E-state index contributed by atoms with van der Waals surface area (Å²) < 4.78 is 0. The fourth-order valence-corrected chi connectivity index (χ4v) is 3.15. The van der Waals surface area contributed by atoms with E-state index in [0.29, 0.717) is 18.7 Å². The minimum absolute atomic E-state index is 0.0883. The molecule has 140 valence electrons. The van der Waals surface area contributed by atoms with Gasteiger partial charge in [-0.25, -0.2) is 4.79 Å². The second-order valence-corrected chi connectivity index (χ2v) is 6.74. The standard InChI is InChI=1S/C19H26N4O3/c1-2-15-12-17(26-22-15)13-20-19(25)21-16-7-5-14(6-8-16)11-18(24)23-9-3-4-10-23/h5-8,17H,2-4,9-13H2,1H3,(H2,20,21,25)/t17-/m0/s1. The summed E-state index contributed by atoms with van der Waals surface area (Å²) in [5, 5.41) is 9.55. The summed E-state index contributed by atoms with van der Waals surface area (Å²) in [5.41, 5.74) is 2.67. The minimum atomic E-state index is -0.278. The van der Waals surface area contributed by atoms with E-state index in [4.69, 9.17) is 4.84 Å². The zero-order chi connectivity index (χ0) is 18.4. The fourth-order valence-electron chi connectivity index (χ4n) is 3.15. The SMILES string of the molecule is CCC1=NO[C@H](CNC(=O)Nc2ccc(CC(=O)N3CCCC3)cc2)C1. The summed E-state index contributed by atoms with van der Waals surface area (Å²) >= 11 is 0. The zero-order valence-corrected chi connectivity index (χ0v) is 15.2. The summed E-state index contributed by atoms with van der Waals surface area (Å²) in [7, 11) is 0. The van der Waals surface area contributed by atoms with E-state index in [-0.39, 0.29) is 18.0 Å². The van der Waals surface area contributed by atoms with Crippen LogP contribution in [0.1, 0.15) is 38.2 Å². The van der Waals surface area contributed by atoms with Crippen LogP contribution in [0.4, 0.5) is 10.5 Å². The quantitative estimate of drug-likeness (QED) is 0.820. The molecule has 0 aliphatic carbocycles. The van der Waals surface area contributed by atoms with Gasteiger partial charge in [0.2, 0.25) is 5.91 Å². The Morgan fingerprint density at radius 3 is 2.62 bits per heavy atom. The second-order valence-electron chi connectivity index (χ2n) is 6.74. The molecule has 3 rings (SSSR count). The van der Waals surface area contributed by atoms with Gasteiger partial charge < -0.3 is 20.4 Å². The van der Waals surface area contributed by atoms with E-state index in [1.165, 1.54) is 0 Å². The smallest absolute Gasteiger partial charge is 0.319 e. The first-order valence-corrected chi connectivity index (χ1v) is 9.27. The zero-order valence-electron chi connectivity index (χ0n) is 15.2. The molecule has 0 bridgehead atoms. The first-order valence-electron chi connectivity index (χ1n) is 9.27. The molecular formula is C19H26N4O3. The highest BCUT2D eigenvalue weighted by atomic mass is 16.6. The van der Waals surface area contributed by atoms with Gasteiger partial charge in [0.25, 0.3) is 0 Å². The summed E-state index contributed by atoms with van der Waals surface area (Å²) in [4.78, 5) is 31.3. The summed E-state index contributed by atoms with van der Waals surface area (Å²) in [6.07, 6.45) is 4.15. The van der Waals surface area contributed by atoms with Gasteiger partial charge in [-0.2, -0.15) is 0 Å². The third kappa shape index (κ3) is 4.97. The van der Waals surface area contributed by atoms with Crippen molar-refractivity contribution in [2.75, 3.05) is 25.0 Å². The lowest BCUT2D eigenvalue weighted by atomic mass is 10.1. The van der Waals surface area contributed by atoms with Crippen LogP contribution < -0.4 is 10.6 Å². The molecule has 0 spiro atoms. The second kappa shape index (κ2) is 8.69. The number of oxime groups is 1. The van der Waals surface area contributed by atoms with E-state index in [9.17, 15) is 9.59 Å². The Balaban J connectivity index is 1.40. The molecule has 2 N–H and O–H groups in total. The molecule has 7 heteroatoms. The van der Waals surface area contributed by atoms with Crippen LogP contribution >= 0.6 is 0 Å². The van der Waals surface area contributed by atoms with E-state index in [1.807, 2.05) is 36.1 Å². The molecule has 0 saturated carbocycles. The van der Waals surface area contributed by atoms with Gasteiger partial charge in [-0.1, -0.05) is 24.2 Å². The van der Waals surface area contributed by atoms with Crippen molar-refractivity contribution in [1.82, 2.24) is 10.2 Å². The molecule has 2 aliphatic heterocycles. The highest BCUT2D eigenvalue weighted by molar-refractivity contribution is 5.89. The van der Waals surface area contributed by atoms with Crippen LogP contribution in [0, 0.1) is 0 Å². The number of rotatable bonds is 6. The van der Waals surface area contributed by atoms with E-state index in [0.717, 1.165) is 50.0 Å². The van der Waals surface area contributed by atoms with Gasteiger partial charge in [-0.15, -0.1) is 0 Å². The van der Waals surface area contributed by atoms with Crippen LogP contribution in [-0.4, -0.2) is 48.3 Å². The molecule has 1 aromatic rings. The van der Waals surface area contributed by atoms with Crippen LogP contribution in [0.3, 0.4) is 0 Å². The Bertz CT molecular complexity index is 666. The van der Waals surface area contributed by atoms with Gasteiger partial charge in [0, 0.05) is 25.2 Å². The van der Waals surface area contributed by atoms with Crippen molar-refractivity contribution in [1.29, 1.82) is 0 Å². The molecular weight excluding hydrogens is 332 g/mol. The van der Waals surface area contributed by atoms with E-state index in [1.54, 1.807) is 0 Å². The van der Waals surface area contributed by atoms with Crippen molar-refractivity contribution in [2.45, 2.75) is 45.1 Å². The van der Waals surface area contributed by atoms with Gasteiger partial charge in [0.1, 0.15) is 6.10 Å². The van der Waals surface area contributed by atoms with Crippen LogP contribution in [-0.2, 0) is 16.1 Å². The summed E-state index contributed by atoms with van der Waals surface area (Å²) in [6.45, 7) is 4.19. The molecule has 0 radical (unpaired) electrons. The molecule has 1 atom stereocenters. The van der Waals surface area contributed by atoms with Crippen LogP contribution in [0.15, 0.2) is 29.4 Å². The number of anilines is 1. The van der Waals surface area contributed by atoms with Crippen LogP contribution in [0.2, 0.25) is 0 Å². The van der Waals surface area contributed by atoms with E-state index in [2.05, 4.69) is 15.8 Å². The van der Waals surface area contributed by atoms with Gasteiger partial charge in [-0.3, -0.25) is 4.79 Å². The number of benzene rings is 1. The minimum Gasteiger partial charge on any atom is -0.390 e. The predicted octanol–water partition coefficient (Wildman–Crippen LogP) is 2.53. The highest BCUT2D eigenvalue weighted by Crippen LogP contribution is 2.14. The fraction of sp³-hybridized carbons (Fsp3) is 0.526.